The zero-order valence-electron chi connectivity index (χ0n) is 13.0. The Morgan fingerprint density at radius 2 is 1.91 bits per heavy atom. The van der Waals surface area contributed by atoms with Gasteiger partial charge >= 0.3 is 7.60 Å². The van der Waals surface area contributed by atoms with Gasteiger partial charge in [-0.15, -0.1) is 11.3 Å². The Kier molecular flexibility index (Phi) is 5.64. The third-order valence-corrected chi connectivity index (χ3v) is 6.51. The summed E-state index contributed by atoms with van der Waals surface area (Å²) in [6, 6.07) is 9.50. The monoisotopic (exact) mass is 341 g/mol. The first kappa shape index (κ1) is 17.0. The van der Waals surface area contributed by atoms with Gasteiger partial charge in [-0.05, 0) is 42.1 Å². The number of hydrogen-bond donors (Lipinski definition) is 1. The quantitative estimate of drug-likeness (QED) is 0.742. The molecule has 22 heavy (non-hydrogen) atoms. The maximum atomic E-state index is 12.8. The zero-order valence-corrected chi connectivity index (χ0v) is 14.7. The first-order valence-electron chi connectivity index (χ1n) is 6.70. The van der Waals surface area contributed by atoms with Gasteiger partial charge in [0.25, 0.3) is 0 Å². The molecular weight excluding hydrogens is 321 g/mol. The second kappa shape index (κ2) is 7.29. The van der Waals surface area contributed by atoms with Crippen LogP contribution in [-0.2, 0) is 13.6 Å². The summed E-state index contributed by atoms with van der Waals surface area (Å²) in [6.07, 6.45) is 0. The molecule has 0 saturated carbocycles. The highest BCUT2D eigenvalue weighted by molar-refractivity contribution is 7.54. The molecule has 1 heterocycles. The topological polar surface area (TPSA) is 56.8 Å². The Balaban J connectivity index is 2.35. The number of rotatable bonds is 7. The van der Waals surface area contributed by atoms with Crippen LogP contribution in [0.2, 0.25) is 0 Å². The molecule has 0 aliphatic rings. The average Bonchev–Trinajstić information content (AvgIpc) is 3.06. The van der Waals surface area contributed by atoms with Gasteiger partial charge in [0.15, 0.2) is 5.78 Å². The molecule has 0 fully saturated rings. The van der Waals surface area contributed by atoms with Crippen molar-refractivity contribution in [2.75, 3.05) is 26.6 Å². The molecule has 2 aromatic rings. The summed E-state index contributed by atoms with van der Waals surface area (Å²) >= 11 is 1.50. The molecule has 0 saturated heterocycles. The lowest BCUT2D eigenvalue weighted by molar-refractivity contribution is 0.269. The van der Waals surface area contributed by atoms with Crippen molar-refractivity contribution in [1.82, 2.24) is 0 Å². The minimum absolute atomic E-state index is 0.560. The molecule has 0 aliphatic heterocycles. The van der Waals surface area contributed by atoms with Crippen molar-refractivity contribution in [3.63, 3.8) is 0 Å². The van der Waals surface area contributed by atoms with Gasteiger partial charge in [0.2, 0.25) is 0 Å². The Hall–Kier alpha value is -1.33. The van der Waals surface area contributed by atoms with E-state index in [1.54, 1.807) is 7.11 Å². The SMILES string of the molecule is COc1ccc(NC(c2cccs2)P(=O)(OC)OC)cc1C. The first-order chi connectivity index (χ1) is 10.5. The number of aryl methyl sites for hydroxylation is 1. The summed E-state index contributed by atoms with van der Waals surface area (Å²) in [5, 5.41) is 5.19. The lowest BCUT2D eigenvalue weighted by atomic mass is 10.2. The Morgan fingerprint density at radius 1 is 1.18 bits per heavy atom. The maximum Gasteiger partial charge on any atom is 0.357 e. The molecule has 1 aromatic heterocycles. The van der Waals surface area contributed by atoms with Crippen molar-refractivity contribution in [2.45, 2.75) is 12.7 Å². The molecule has 0 bridgehead atoms. The van der Waals surface area contributed by atoms with E-state index >= 15 is 0 Å². The Bertz CT molecular complexity index is 652. The van der Waals surface area contributed by atoms with Crippen LogP contribution in [0.5, 0.6) is 5.75 Å². The van der Waals surface area contributed by atoms with Crippen molar-refractivity contribution in [2.24, 2.45) is 0 Å². The molecule has 0 amide bonds. The fraction of sp³-hybridized carbons (Fsp3) is 0.333. The van der Waals surface area contributed by atoms with Gasteiger partial charge in [-0.2, -0.15) is 0 Å². The third kappa shape index (κ3) is 3.52. The molecule has 1 N–H and O–H groups in total. The predicted molar refractivity (Wildman–Crippen MR) is 90.0 cm³/mol. The number of anilines is 1. The number of benzene rings is 1. The Morgan fingerprint density at radius 3 is 2.41 bits per heavy atom. The van der Waals surface area contributed by atoms with Gasteiger partial charge in [-0.3, -0.25) is 4.57 Å². The molecule has 0 aliphatic carbocycles. The van der Waals surface area contributed by atoms with Crippen LogP contribution in [-0.4, -0.2) is 21.3 Å². The fourth-order valence-corrected chi connectivity index (χ4v) is 4.67. The number of thiophene rings is 1. The second-order valence-electron chi connectivity index (χ2n) is 4.65. The summed E-state index contributed by atoms with van der Waals surface area (Å²) in [4.78, 5) is 0.889. The van der Waals surface area contributed by atoms with Crippen molar-refractivity contribution in [3.05, 3.63) is 46.2 Å². The summed E-state index contributed by atoms with van der Waals surface area (Å²) < 4.78 is 28.4. The van der Waals surface area contributed by atoms with Crippen molar-refractivity contribution < 1.29 is 18.3 Å². The minimum Gasteiger partial charge on any atom is -0.496 e. The van der Waals surface area contributed by atoms with Crippen LogP contribution in [0.25, 0.3) is 0 Å². The van der Waals surface area contributed by atoms with Gasteiger partial charge in [0, 0.05) is 24.8 Å². The average molecular weight is 341 g/mol. The highest BCUT2D eigenvalue weighted by Gasteiger charge is 2.36. The van der Waals surface area contributed by atoms with Crippen LogP contribution in [0.4, 0.5) is 5.69 Å². The summed E-state index contributed by atoms with van der Waals surface area (Å²) in [5.74, 6) is 0.246. The normalized spacial score (nSPS) is 12.9. The van der Waals surface area contributed by atoms with Crippen LogP contribution < -0.4 is 10.1 Å². The molecule has 120 valence electrons. The highest BCUT2D eigenvalue weighted by Crippen LogP contribution is 2.60. The zero-order chi connectivity index (χ0) is 16.2. The van der Waals surface area contributed by atoms with E-state index in [9.17, 15) is 4.57 Å². The molecule has 2 rings (SSSR count). The lowest BCUT2D eigenvalue weighted by Gasteiger charge is -2.25. The minimum atomic E-state index is -3.31. The molecule has 1 atom stereocenters. The molecule has 0 spiro atoms. The Labute approximate surface area is 134 Å². The standard InChI is InChI=1S/C15H20NO4PS/c1-11-10-12(7-8-13(11)18-2)16-15(14-6-5-9-22-14)21(17,19-3)20-4/h5-10,15-16H,1-4H3. The van der Waals surface area contributed by atoms with Crippen LogP contribution in [0.3, 0.4) is 0 Å². The van der Waals surface area contributed by atoms with Gasteiger partial charge in [-0.1, -0.05) is 6.07 Å². The van der Waals surface area contributed by atoms with Crippen LogP contribution in [0.15, 0.2) is 35.7 Å². The van der Waals surface area contributed by atoms with E-state index < -0.39 is 13.4 Å². The molecule has 1 unspecified atom stereocenters. The largest absolute Gasteiger partial charge is 0.496 e. The molecule has 5 nitrogen and oxygen atoms in total. The van der Waals surface area contributed by atoms with Crippen molar-refractivity contribution >= 4 is 24.6 Å². The molecule has 1 aromatic carbocycles. The smallest absolute Gasteiger partial charge is 0.357 e. The van der Waals surface area contributed by atoms with E-state index in [4.69, 9.17) is 13.8 Å². The van der Waals surface area contributed by atoms with Gasteiger partial charge < -0.3 is 19.1 Å². The molecular formula is C15H20NO4PS. The van der Waals surface area contributed by atoms with Crippen LogP contribution in [0, 0.1) is 6.92 Å². The van der Waals surface area contributed by atoms with Gasteiger partial charge in [0.1, 0.15) is 5.75 Å². The summed E-state index contributed by atoms with van der Waals surface area (Å²) in [7, 11) is 1.11. The van der Waals surface area contributed by atoms with Gasteiger partial charge in [0.05, 0.1) is 7.11 Å². The van der Waals surface area contributed by atoms with Gasteiger partial charge in [-0.25, -0.2) is 0 Å². The van der Waals surface area contributed by atoms with Crippen molar-refractivity contribution in [1.29, 1.82) is 0 Å². The number of nitrogens with one attached hydrogen (secondary N) is 1. The van der Waals surface area contributed by atoms with Crippen molar-refractivity contribution in [3.8, 4) is 5.75 Å². The maximum absolute atomic E-state index is 12.8. The summed E-state index contributed by atoms with van der Waals surface area (Å²) in [6.45, 7) is 1.95. The first-order valence-corrected chi connectivity index (χ1v) is 9.19. The summed E-state index contributed by atoms with van der Waals surface area (Å²) in [5.41, 5.74) is 1.81. The highest BCUT2D eigenvalue weighted by atomic mass is 32.1. The van der Waals surface area contributed by atoms with E-state index in [-0.39, 0.29) is 0 Å². The van der Waals surface area contributed by atoms with E-state index in [0.717, 1.165) is 21.9 Å². The number of methoxy groups -OCH3 is 1. The van der Waals surface area contributed by atoms with E-state index in [0.29, 0.717) is 0 Å². The fourth-order valence-electron chi connectivity index (χ4n) is 2.16. The lowest BCUT2D eigenvalue weighted by Crippen LogP contribution is -2.12. The molecule has 0 radical (unpaired) electrons. The second-order valence-corrected chi connectivity index (χ2v) is 7.96. The van der Waals surface area contributed by atoms with E-state index in [1.807, 2.05) is 42.6 Å². The van der Waals surface area contributed by atoms with Crippen LogP contribution >= 0.6 is 18.9 Å². The van der Waals surface area contributed by atoms with E-state index in [1.165, 1.54) is 25.6 Å². The van der Waals surface area contributed by atoms with E-state index in [2.05, 4.69) is 5.32 Å². The number of hydrogen-bond acceptors (Lipinski definition) is 6. The van der Waals surface area contributed by atoms with Crippen LogP contribution in [0.1, 0.15) is 16.2 Å². The predicted octanol–water partition coefficient (Wildman–Crippen LogP) is 4.66. The molecule has 7 heteroatoms. The number of ether oxygens (including phenoxy) is 1. The third-order valence-electron chi connectivity index (χ3n) is 3.34.